The summed E-state index contributed by atoms with van der Waals surface area (Å²) in [5.74, 6) is 0.128. The van der Waals surface area contributed by atoms with Gasteiger partial charge in [-0.15, -0.1) is 16.4 Å². The lowest BCUT2D eigenvalue weighted by molar-refractivity contribution is -0.115. The molecule has 0 saturated carbocycles. The van der Waals surface area contributed by atoms with Gasteiger partial charge < -0.3 is 10.1 Å². The largest absolute Gasteiger partial charge is 0.497 e. The van der Waals surface area contributed by atoms with E-state index >= 15 is 0 Å². The fourth-order valence-electron chi connectivity index (χ4n) is 2.73. The Kier molecular flexibility index (Phi) is 5.64. The number of nitrogens with zero attached hydrogens (tertiary/aromatic N) is 3. The molecule has 10 heteroatoms. The van der Waals surface area contributed by atoms with E-state index in [1.54, 1.807) is 35.9 Å². The van der Waals surface area contributed by atoms with Gasteiger partial charge in [0.05, 0.1) is 19.3 Å². The van der Waals surface area contributed by atoms with Crippen LogP contribution in [0, 0.1) is 0 Å². The van der Waals surface area contributed by atoms with E-state index in [4.69, 9.17) is 16.3 Å². The molecule has 0 aliphatic heterocycles. The van der Waals surface area contributed by atoms with Gasteiger partial charge in [-0.3, -0.25) is 14.9 Å². The lowest BCUT2D eigenvalue weighted by Crippen LogP contribution is -2.33. The van der Waals surface area contributed by atoms with Crippen molar-refractivity contribution in [3.05, 3.63) is 64.5 Å². The maximum Gasteiger partial charge on any atom is 0.251 e. The zero-order valence-electron chi connectivity index (χ0n) is 15.8. The van der Waals surface area contributed by atoms with Gasteiger partial charge in [0.2, 0.25) is 10.9 Å². The van der Waals surface area contributed by atoms with Crippen LogP contribution in [0.5, 0.6) is 5.75 Å². The molecule has 0 fully saturated rings. The minimum absolute atomic E-state index is 0.169. The first-order chi connectivity index (χ1) is 14.5. The molecule has 2 N–H and O–H groups in total. The molecular formula is C20H16ClN5O3S. The maximum absolute atomic E-state index is 12.2. The Bertz CT molecular complexity index is 1200. The van der Waals surface area contributed by atoms with E-state index in [0.29, 0.717) is 15.5 Å². The third kappa shape index (κ3) is 4.27. The van der Waals surface area contributed by atoms with Crippen molar-refractivity contribution in [2.24, 2.45) is 0 Å². The summed E-state index contributed by atoms with van der Waals surface area (Å²) in [6.45, 7) is -0.209. The lowest BCUT2D eigenvalue weighted by Gasteiger charge is -2.05. The van der Waals surface area contributed by atoms with Crippen LogP contribution < -0.4 is 15.4 Å². The molecule has 4 aromatic rings. The summed E-state index contributed by atoms with van der Waals surface area (Å²) in [7, 11) is 1.61. The molecule has 152 valence electrons. The molecule has 0 saturated heterocycles. The van der Waals surface area contributed by atoms with Crippen LogP contribution in [0.1, 0.15) is 10.4 Å². The normalized spacial score (nSPS) is 10.7. The second-order valence-corrected chi connectivity index (χ2v) is 7.49. The standard InChI is InChI=1S/C20H16ClN5O3S/c1-29-15-8-4-12(5-9-15)16-11-30-20-24-19(25-26(16)20)23-17(27)10-22-18(28)13-2-6-14(21)7-3-13/h2-9,11H,10H2,1H3,(H,22,28)(H,23,25,27). The number of carbonyl (C=O) groups is 2. The summed E-state index contributed by atoms with van der Waals surface area (Å²) >= 11 is 7.22. The van der Waals surface area contributed by atoms with E-state index in [1.807, 2.05) is 29.6 Å². The zero-order valence-corrected chi connectivity index (χ0v) is 17.3. The van der Waals surface area contributed by atoms with Crippen LogP contribution in [0.25, 0.3) is 16.2 Å². The monoisotopic (exact) mass is 441 g/mol. The molecule has 30 heavy (non-hydrogen) atoms. The van der Waals surface area contributed by atoms with Crippen LogP contribution in [0.15, 0.2) is 53.9 Å². The quantitative estimate of drug-likeness (QED) is 0.477. The summed E-state index contributed by atoms with van der Waals surface area (Å²) in [5, 5.41) is 12.0. The van der Waals surface area contributed by atoms with Crippen molar-refractivity contribution in [3.8, 4) is 17.0 Å². The fourth-order valence-corrected chi connectivity index (χ4v) is 3.68. The van der Waals surface area contributed by atoms with Crippen LogP contribution in [0.4, 0.5) is 5.95 Å². The van der Waals surface area contributed by atoms with E-state index in [2.05, 4.69) is 20.7 Å². The Morgan fingerprint density at radius 2 is 1.87 bits per heavy atom. The van der Waals surface area contributed by atoms with Gasteiger partial charge in [0.15, 0.2) is 0 Å². The van der Waals surface area contributed by atoms with Crippen LogP contribution in [0.2, 0.25) is 5.02 Å². The Hall–Kier alpha value is -3.43. The maximum atomic E-state index is 12.2. The van der Waals surface area contributed by atoms with E-state index in [9.17, 15) is 9.59 Å². The van der Waals surface area contributed by atoms with Gasteiger partial charge in [-0.1, -0.05) is 11.6 Å². The minimum Gasteiger partial charge on any atom is -0.497 e. The van der Waals surface area contributed by atoms with Gasteiger partial charge in [0.1, 0.15) is 5.75 Å². The molecule has 2 amide bonds. The third-order valence-electron chi connectivity index (χ3n) is 4.23. The lowest BCUT2D eigenvalue weighted by atomic mass is 10.2. The van der Waals surface area contributed by atoms with Gasteiger partial charge >= 0.3 is 0 Å². The van der Waals surface area contributed by atoms with Crippen molar-refractivity contribution < 1.29 is 14.3 Å². The number of ether oxygens (including phenoxy) is 1. The first-order valence-electron chi connectivity index (χ1n) is 8.86. The molecule has 0 radical (unpaired) electrons. The predicted octanol–water partition coefficient (Wildman–Crippen LogP) is 3.49. The highest BCUT2D eigenvalue weighted by Gasteiger charge is 2.14. The van der Waals surface area contributed by atoms with Crippen LogP contribution in [0.3, 0.4) is 0 Å². The SMILES string of the molecule is COc1ccc(-c2csc3nc(NC(=O)CNC(=O)c4ccc(Cl)cc4)nn23)cc1. The Balaban J connectivity index is 1.41. The van der Waals surface area contributed by atoms with Gasteiger partial charge in [0, 0.05) is 21.5 Å². The number of fused-ring (bicyclic) bond motifs is 1. The summed E-state index contributed by atoms with van der Waals surface area (Å²) in [6, 6.07) is 14.0. The molecule has 4 rings (SSSR count). The second kappa shape index (κ2) is 8.52. The molecule has 0 aliphatic rings. The number of methoxy groups -OCH3 is 1. The molecule has 8 nitrogen and oxygen atoms in total. The molecule has 0 bridgehead atoms. The van der Waals surface area contributed by atoms with Crippen molar-refractivity contribution in [3.63, 3.8) is 0 Å². The second-order valence-electron chi connectivity index (χ2n) is 6.22. The number of nitrogens with one attached hydrogen (secondary N) is 2. The number of rotatable bonds is 6. The molecular weight excluding hydrogens is 426 g/mol. The van der Waals surface area contributed by atoms with Crippen molar-refractivity contribution in [1.82, 2.24) is 19.9 Å². The number of thiazole rings is 1. The average molecular weight is 442 g/mol. The van der Waals surface area contributed by atoms with Crippen molar-refractivity contribution in [1.29, 1.82) is 0 Å². The summed E-state index contributed by atoms with van der Waals surface area (Å²) in [6.07, 6.45) is 0. The number of amides is 2. The summed E-state index contributed by atoms with van der Waals surface area (Å²) in [4.78, 5) is 29.2. The molecule has 0 atom stereocenters. The average Bonchev–Trinajstić information content (AvgIpc) is 3.33. The zero-order chi connectivity index (χ0) is 21.1. The van der Waals surface area contributed by atoms with Crippen LogP contribution in [-0.4, -0.2) is 40.1 Å². The Morgan fingerprint density at radius 1 is 1.13 bits per heavy atom. The van der Waals surface area contributed by atoms with E-state index in [1.165, 1.54) is 11.3 Å². The Morgan fingerprint density at radius 3 is 2.57 bits per heavy atom. The Labute approximate surface area is 180 Å². The van der Waals surface area contributed by atoms with Gasteiger partial charge in [-0.25, -0.2) is 4.52 Å². The molecule has 2 aromatic heterocycles. The van der Waals surface area contributed by atoms with Crippen molar-refractivity contribution in [2.75, 3.05) is 19.0 Å². The first kappa shape index (κ1) is 19.9. The predicted molar refractivity (Wildman–Crippen MR) is 115 cm³/mol. The number of halogens is 1. The number of aromatic nitrogens is 3. The van der Waals surface area contributed by atoms with Gasteiger partial charge in [-0.05, 0) is 48.5 Å². The third-order valence-corrected chi connectivity index (χ3v) is 5.30. The van der Waals surface area contributed by atoms with Gasteiger partial charge in [-0.2, -0.15) is 4.98 Å². The first-order valence-corrected chi connectivity index (χ1v) is 10.1. The van der Waals surface area contributed by atoms with Crippen molar-refractivity contribution in [2.45, 2.75) is 0 Å². The molecule has 0 aliphatic carbocycles. The molecule has 2 aromatic carbocycles. The van der Waals surface area contributed by atoms with Crippen LogP contribution >= 0.6 is 22.9 Å². The fraction of sp³-hybridized carbons (Fsp3) is 0.100. The van der Waals surface area contributed by atoms with Crippen LogP contribution in [-0.2, 0) is 4.79 Å². The number of anilines is 1. The smallest absolute Gasteiger partial charge is 0.251 e. The molecule has 2 heterocycles. The summed E-state index contributed by atoms with van der Waals surface area (Å²) in [5.41, 5.74) is 2.21. The highest BCUT2D eigenvalue weighted by atomic mass is 35.5. The molecule has 0 unspecified atom stereocenters. The van der Waals surface area contributed by atoms with E-state index < -0.39 is 5.91 Å². The number of carbonyl (C=O) groups excluding carboxylic acids is 2. The van der Waals surface area contributed by atoms with Crippen molar-refractivity contribution >= 4 is 45.7 Å². The minimum atomic E-state index is -0.429. The highest BCUT2D eigenvalue weighted by Crippen LogP contribution is 2.27. The number of benzene rings is 2. The summed E-state index contributed by atoms with van der Waals surface area (Å²) < 4.78 is 6.84. The highest BCUT2D eigenvalue weighted by molar-refractivity contribution is 7.15. The van der Waals surface area contributed by atoms with E-state index in [-0.39, 0.29) is 18.4 Å². The van der Waals surface area contributed by atoms with E-state index in [0.717, 1.165) is 17.0 Å². The number of hydrogen-bond donors (Lipinski definition) is 2. The van der Waals surface area contributed by atoms with Gasteiger partial charge in [0.25, 0.3) is 11.9 Å². The topological polar surface area (TPSA) is 97.6 Å². The number of hydrogen-bond acceptors (Lipinski definition) is 6. The molecule has 0 spiro atoms.